The summed E-state index contributed by atoms with van der Waals surface area (Å²) >= 11 is 1.70. The van der Waals surface area contributed by atoms with E-state index in [2.05, 4.69) is 17.2 Å². The van der Waals surface area contributed by atoms with Crippen molar-refractivity contribution in [3.63, 3.8) is 0 Å². The minimum atomic E-state index is 0.395. The Morgan fingerprint density at radius 1 is 1.69 bits per heavy atom. The number of nitrogens with zero attached hydrogens (tertiary/aromatic N) is 1. The first-order valence-electron chi connectivity index (χ1n) is 4.35. The Balaban J connectivity index is 2.30. The molecular weight excluding hydrogens is 184 g/mol. The Morgan fingerprint density at radius 2 is 2.46 bits per heavy atom. The van der Waals surface area contributed by atoms with E-state index in [-0.39, 0.29) is 0 Å². The summed E-state index contributed by atoms with van der Waals surface area (Å²) in [6.07, 6.45) is 0. The average Bonchev–Trinajstić information content (AvgIpc) is 2.48. The van der Waals surface area contributed by atoms with Crippen molar-refractivity contribution >= 4 is 11.3 Å². The van der Waals surface area contributed by atoms with Crippen LogP contribution in [0, 0.1) is 6.92 Å². The maximum absolute atomic E-state index is 5.03. The van der Waals surface area contributed by atoms with Crippen LogP contribution in [-0.2, 0) is 11.3 Å². The minimum absolute atomic E-state index is 0.395. The van der Waals surface area contributed by atoms with Gasteiger partial charge in [-0.15, -0.1) is 11.3 Å². The fourth-order valence-electron chi connectivity index (χ4n) is 1.07. The summed E-state index contributed by atoms with van der Waals surface area (Å²) in [5.74, 6) is 0. The van der Waals surface area contributed by atoms with Gasteiger partial charge in [0.15, 0.2) is 0 Å². The molecule has 1 aromatic rings. The van der Waals surface area contributed by atoms with E-state index in [0.717, 1.165) is 18.8 Å². The smallest absolute Gasteiger partial charge is 0.0798 e. The van der Waals surface area contributed by atoms with Crippen molar-refractivity contribution in [2.75, 3.05) is 13.7 Å². The van der Waals surface area contributed by atoms with Gasteiger partial charge in [-0.25, -0.2) is 4.98 Å². The van der Waals surface area contributed by atoms with Crippen LogP contribution < -0.4 is 5.32 Å². The number of aromatic nitrogens is 1. The van der Waals surface area contributed by atoms with Crippen molar-refractivity contribution < 1.29 is 4.74 Å². The van der Waals surface area contributed by atoms with Crippen molar-refractivity contribution in [1.29, 1.82) is 0 Å². The molecule has 13 heavy (non-hydrogen) atoms. The van der Waals surface area contributed by atoms with Gasteiger partial charge in [0.1, 0.15) is 0 Å². The highest BCUT2D eigenvalue weighted by molar-refractivity contribution is 7.09. The lowest BCUT2D eigenvalue weighted by atomic mass is 10.3. The van der Waals surface area contributed by atoms with E-state index in [0.29, 0.717) is 6.04 Å². The summed E-state index contributed by atoms with van der Waals surface area (Å²) in [4.78, 5) is 5.50. The summed E-state index contributed by atoms with van der Waals surface area (Å²) in [7, 11) is 1.72. The molecule has 0 saturated carbocycles. The molecule has 3 nitrogen and oxygen atoms in total. The van der Waals surface area contributed by atoms with Crippen molar-refractivity contribution in [2.45, 2.75) is 26.4 Å². The highest BCUT2D eigenvalue weighted by atomic mass is 32.1. The Hall–Kier alpha value is -0.450. The molecule has 1 unspecified atom stereocenters. The molecule has 0 aliphatic heterocycles. The average molecular weight is 200 g/mol. The number of hydrogen-bond acceptors (Lipinski definition) is 4. The molecule has 0 aromatic carbocycles. The van der Waals surface area contributed by atoms with E-state index in [1.807, 2.05) is 12.4 Å². The van der Waals surface area contributed by atoms with E-state index in [1.54, 1.807) is 18.4 Å². The van der Waals surface area contributed by atoms with E-state index in [4.69, 9.17) is 4.74 Å². The van der Waals surface area contributed by atoms with Crippen molar-refractivity contribution in [3.8, 4) is 0 Å². The maximum atomic E-state index is 5.03. The fourth-order valence-corrected chi connectivity index (χ4v) is 1.80. The molecule has 0 bridgehead atoms. The molecule has 0 fully saturated rings. The molecule has 0 spiro atoms. The van der Waals surface area contributed by atoms with Crippen LogP contribution in [0.1, 0.15) is 17.5 Å². The van der Waals surface area contributed by atoms with E-state index < -0.39 is 0 Å². The molecular formula is C9H16N2OS. The van der Waals surface area contributed by atoms with Crippen molar-refractivity contribution in [2.24, 2.45) is 0 Å². The first kappa shape index (κ1) is 10.6. The molecule has 0 radical (unpaired) electrons. The van der Waals surface area contributed by atoms with Crippen LogP contribution >= 0.6 is 11.3 Å². The second-order valence-electron chi connectivity index (χ2n) is 3.10. The summed E-state index contributed by atoms with van der Waals surface area (Å²) in [5, 5.41) is 3.37. The van der Waals surface area contributed by atoms with Crippen LogP contribution in [0.25, 0.3) is 0 Å². The van der Waals surface area contributed by atoms with Crippen LogP contribution in [0.15, 0.2) is 5.51 Å². The summed E-state index contributed by atoms with van der Waals surface area (Å²) < 4.78 is 5.03. The SMILES string of the molecule is COCC(C)NCc1scnc1C. The zero-order valence-electron chi connectivity index (χ0n) is 8.33. The molecule has 4 heteroatoms. The van der Waals surface area contributed by atoms with Crippen LogP contribution in [0.4, 0.5) is 0 Å². The Kier molecular flexibility index (Phi) is 4.35. The number of ether oxygens (including phenoxy) is 1. The van der Waals surface area contributed by atoms with Crippen LogP contribution in [0.2, 0.25) is 0 Å². The second kappa shape index (κ2) is 5.32. The van der Waals surface area contributed by atoms with Gasteiger partial charge in [-0.2, -0.15) is 0 Å². The van der Waals surface area contributed by atoms with Gasteiger partial charge in [-0.1, -0.05) is 0 Å². The summed E-state index contributed by atoms with van der Waals surface area (Å²) in [6, 6.07) is 0.395. The van der Waals surface area contributed by atoms with Gasteiger partial charge >= 0.3 is 0 Å². The monoisotopic (exact) mass is 200 g/mol. The number of rotatable bonds is 5. The fraction of sp³-hybridized carbons (Fsp3) is 0.667. The van der Waals surface area contributed by atoms with Gasteiger partial charge in [-0.3, -0.25) is 0 Å². The molecule has 1 rings (SSSR count). The highest BCUT2D eigenvalue weighted by Gasteiger charge is 2.03. The number of thiazole rings is 1. The van der Waals surface area contributed by atoms with E-state index in [1.165, 1.54) is 4.88 Å². The van der Waals surface area contributed by atoms with Gasteiger partial charge in [0.25, 0.3) is 0 Å². The third-order valence-electron chi connectivity index (χ3n) is 1.87. The standard InChI is InChI=1S/C9H16N2OS/c1-7(5-12-3)10-4-9-8(2)11-6-13-9/h6-7,10H,4-5H2,1-3H3. The van der Waals surface area contributed by atoms with Crippen molar-refractivity contribution in [3.05, 3.63) is 16.1 Å². The van der Waals surface area contributed by atoms with E-state index in [9.17, 15) is 0 Å². The molecule has 74 valence electrons. The normalized spacial score (nSPS) is 13.2. The topological polar surface area (TPSA) is 34.1 Å². The Bertz CT molecular complexity index is 250. The zero-order valence-corrected chi connectivity index (χ0v) is 9.15. The van der Waals surface area contributed by atoms with Gasteiger partial charge in [0, 0.05) is 24.6 Å². The highest BCUT2D eigenvalue weighted by Crippen LogP contribution is 2.11. The van der Waals surface area contributed by atoms with Crippen molar-refractivity contribution in [1.82, 2.24) is 10.3 Å². The number of methoxy groups -OCH3 is 1. The van der Waals surface area contributed by atoms with Crippen LogP contribution in [0.3, 0.4) is 0 Å². The lowest BCUT2D eigenvalue weighted by Crippen LogP contribution is -2.29. The Labute approximate surface area is 83.1 Å². The molecule has 0 saturated heterocycles. The first-order valence-corrected chi connectivity index (χ1v) is 5.23. The molecule has 0 aliphatic carbocycles. The van der Waals surface area contributed by atoms with Gasteiger partial charge in [0.2, 0.25) is 0 Å². The molecule has 0 aliphatic rings. The van der Waals surface area contributed by atoms with E-state index >= 15 is 0 Å². The number of aryl methyl sites for hydroxylation is 1. The lowest BCUT2D eigenvalue weighted by molar-refractivity contribution is 0.172. The van der Waals surface area contributed by atoms with Gasteiger partial charge in [0.05, 0.1) is 17.8 Å². The van der Waals surface area contributed by atoms with Gasteiger partial charge in [-0.05, 0) is 13.8 Å². The number of nitrogens with one attached hydrogen (secondary N) is 1. The molecule has 1 heterocycles. The Morgan fingerprint density at radius 3 is 3.00 bits per heavy atom. The predicted molar refractivity (Wildman–Crippen MR) is 55.0 cm³/mol. The molecule has 1 N–H and O–H groups in total. The lowest BCUT2D eigenvalue weighted by Gasteiger charge is -2.11. The predicted octanol–water partition coefficient (Wildman–Crippen LogP) is 1.58. The summed E-state index contributed by atoms with van der Waals surface area (Å²) in [5.41, 5.74) is 3.01. The second-order valence-corrected chi connectivity index (χ2v) is 4.04. The third-order valence-corrected chi connectivity index (χ3v) is 2.81. The summed E-state index contributed by atoms with van der Waals surface area (Å²) in [6.45, 7) is 5.78. The quantitative estimate of drug-likeness (QED) is 0.783. The van der Waals surface area contributed by atoms with Crippen LogP contribution in [0.5, 0.6) is 0 Å². The largest absolute Gasteiger partial charge is 0.383 e. The molecule has 1 atom stereocenters. The third kappa shape index (κ3) is 3.42. The first-order chi connectivity index (χ1) is 6.24. The molecule has 1 aromatic heterocycles. The van der Waals surface area contributed by atoms with Crippen LogP contribution in [-0.4, -0.2) is 24.7 Å². The van der Waals surface area contributed by atoms with Gasteiger partial charge < -0.3 is 10.1 Å². The molecule has 0 amide bonds. The minimum Gasteiger partial charge on any atom is -0.383 e. The zero-order chi connectivity index (χ0) is 9.68. The maximum Gasteiger partial charge on any atom is 0.0798 e. The number of hydrogen-bond donors (Lipinski definition) is 1.